The van der Waals surface area contributed by atoms with Crippen LogP contribution in [-0.4, -0.2) is 40.3 Å². The molecule has 1 aliphatic rings. The van der Waals surface area contributed by atoms with Gasteiger partial charge < -0.3 is 4.74 Å². The lowest BCUT2D eigenvalue weighted by Gasteiger charge is -2.09. The second-order valence-corrected chi connectivity index (χ2v) is 6.09. The summed E-state index contributed by atoms with van der Waals surface area (Å²) in [6.45, 7) is 1.86. The van der Waals surface area contributed by atoms with Crippen molar-refractivity contribution in [3.05, 3.63) is 0 Å². The zero-order chi connectivity index (χ0) is 9.68. The molecule has 0 spiro atoms. The topological polar surface area (TPSA) is 26.3 Å². The Labute approximate surface area is 93.0 Å². The molecule has 1 rings (SSSR count). The molecule has 0 radical (unpaired) electrons. The number of thioether (sulfide) groups is 2. The number of carbonyl (C=O) groups is 1. The third-order valence-electron chi connectivity index (χ3n) is 1.50. The summed E-state index contributed by atoms with van der Waals surface area (Å²) in [6, 6.07) is 0. The summed E-state index contributed by atoms with van der Waals surface area (Å²) in [5, 5.41) is 1.05. The number of hydrogen-bond acceptors (Lipinski definition) is 5. The summed E-state index contributed by atoms with van der Waals surface area (Å²) in [6.07, 6.45) is 0. The predicted octanol–water partition coefficient (Wildman–Crippen LogP) is 1.70. The Bertz CT molecular complexity index is 171. The highest BCUT2D eigenvalue weighted by atomic mass is 32.2. The minimum atomic E-state index is -0.221. The average molecular weight is 238 g/mol. The molecule has 2 atom stereocenters. The lowest BCUT2D eigenvalue weighted by molar-refractivity contribution is -0.140. The van der Waals surface area contributed by atoms with E-state index in [2.05, 4.69) is 12.6 Å². The van der Waals surface area contributed by atoms with Gasteiger partial charge in [0, 0.05) is 34.7 Å². The lowest BCUT2D eigenvalue weighted by atomic mass is 10.5. The van der Waals surface area contributed by atoms with E-state index in [1.807, 2.05) is 23.5 Å². The van der Waals surface area contributed by atoms with Crippen LogP contribution in [0.15, 0.2) is 0 Å². The van der Waals surface area contributed by atoms with Gasteiger partial charge in [-0.2, -0.15) is 36.2 Å². The highest BCUT2D eigenvalue weighted by molar-refractivity contribution is 8.08. The molecule has 0 amide bonds. The van der Waals surface area contributed by atoms with E-state index in [-0.39, 0.29) is 11.2 Å². The molecule has 0 aromatic carbocycles. The maximum Gasteiger partial charge on any atom is 0.302 e. The third kappa shape index (κ3) is 6.57. The van der Waals surface area contributed by atoms with Gasteiger partial charge >= 0.3 is 5.97 Å². The first-order valence-electron chi connectivity index (χ1n) is 4.19. The van der Waals surface area contributed by atoms with Gasteiger partial charge in [0.1, 0.15) is 6.61 Å². The molecule has 1 fully saturated rings. The van der Waals surface area contributed by atoms with Crippen molar-refractivity contribution in [2.45, 2.75) is 17.4 Å². The molecule has 2 nitrogen and oxygen atoms in total. The van der Waals surface area contributed by atoms with Gasteiger partial charge in [0.25, 0.3) is 0 Å². The summed E-state index contributed by atoms with van der Waals surface area (Å²) in [7, 11) is 0. The van der Waals surface area contributed by atoms with Gasteiger partial charge in [0.05, 0.1) is 0 Å². The molecule has 0 aliphatic carbocycles. The number of carbonyl (C=O) groups excluding carboxylic acids is 1. The summed E-state index contributed by atoms with van der Waals surface area (Å²) in [5.41, 5.74) is 0. The van der Waals surface area contributed by atoms with Crippen LogP contribution >= 0.6 is 36.2 Å². The Kier molecular flexibility index (Phi) is 5.43. The molecule has 13 heavy (non-hydrogen) atoms. The Balaban J connectivity index is 1.89. The van der Waals surface area contributed by atoms with Crippen LogP contribution in [0.5, 0.6) is 0 Å². The monoisotopic (exact) mass is 238 g/mol. The minimum absolute atomic E-state index is 0.178. The Morgan fingerprint density at radius 2 is 2.54 bits per heavy atom. The third-order valence-corrected chi connectivity index (χ3v) is 4.53. The van der Waals surface area contributed by atoms with Crippen molar-refractivity contribution in [3.8, 4) is 0 Å². The number of ether oxygens (including phenoxy) is 1. The highest BCUT2D eigenvalue weighted by Crippen LogP contribution is 2.33. The van der Waals surface area contributed by atoms with Gasteiger partial charge in [-0.3, -0.25) is 4.79 Å². The van der Waals surface area contributed by atoms with E-state index >= 15 is 0 Å². The molecule has 76 valence electrons. The first kappa shape index (κ1) is 11.6. The summed E-state index contributed by atoms with van der Waals surface area (Å²) >= 11 is 8.22. The lowest BCUT2D eigenvalue weighted by Crippen LogP contribution is -2.15. The van der Waals surface area contributed by atoms with Gasteiger partial charge in [0.15, 0.2) is 0 Å². The molecule has 2 unspecified atom stereocenters. The van der Waals surface area contributed by atoms with E-state index in [1.165, 1.54) is 18.4 Å². The molecule has 1 saturated heterocycles. The quantitative estimate of drug-likeness (QED) is 0.433. The van der Waals surface area contributed by atoms with E-state index in [1.54, 1.807) is 0 Å². The van der Waals surface area contributed by atoms with Crippen molar-refractivity contribution < 1.29 is 9.53 Å². The maximum atomic E-state index is 10.5. The first-order valence-corrected chi connectivity index (χ1v) is 6.91. The summed E-state index contributed by atoms with van der Waals surface area (Å²) < 4.78 is 4.84. The van der Waals surface area contributed by atoms with Crippen molar-refractivity contribution in [1.82, 2.24) is 0 Å². The number of thiol groups is 1. The molecule has 0 N–H and O–H groups in total. The Hall–Kier alpha value is 0.520. The van der Waals surface area contributed by atoms with E-state index in [0.29, 0.717) is 6.61 Å². The summed E-state index contributed by atoms with van der Waals surface area (Å²) in [4.78, 5) is 10.5. The minimum Gasteiger partial charge on any atom is -0.465 e. The van der Waals surface area contributed by atoms with Crippen molar-refractivity contribution in [2.75, 3.05) is 23.9 Å². The van der Waals surface area contributed by atoms with Gasteiger partial charge in [-0.25, -0.2) is 0 Å². The predicted molar refractivity (Wildman–Crippen MR) is 63.0 cm³/mol. The second-order valence-electron chi connectivity index (χ2n) is 2.95. The van der Waals surface area contributed by atoms with Crippen molar-refractivity contribution in [3.63, 3.8) is 0 Å². The SMILES string of the molecule is CC(=O)OCC(S)CSCC1CS1. The van der Waals surface area contributed by atoms with Gasteiger partial charge in [0.2, 0.25) is 0 Å². The van der Waals surface area contributed by atoms with Crippen LogP contribution in [0.4, 0.5) is 0 Å². The van der Waals surface area contributed by atoms with E-state index in [0.717, 1.165) is 11.0 Å². The van der Waals surface area contributed by atoms with Crippen molar-refractivity contribution >= 4 is 42.1 Å². The average Bonchev–Trinajstić information content (AvgIpc) is 2.84. The fourth-order valence-corrected chi connectivity index (χ4v) is 3.11. The largest absolute Gasteiger partial charge is 0.465 e. The molecular formula is C8H14O2S3. The molecule has 0 bridgehead atoms. The number of esters is 1. The van der Waals surface area contributed by atoms with Gasteiger partial charge in [-0.05, 0) is 0 Å². The highest BCUT2D eigenvalue weighted by Gasteiger charge is 2.22. The standard InChI is InChI=1S/C8H14O2S3/c1-6(9)10-2-7(11)3-12-4-8-5-13-8/h7-8,11H,2-5H2,1H3. The van der Waals surface area contributed by atoms with Crippen LogP contribution in [-0.2, 0) is 9.53 Å². The summed E-state index contributed by atoms with van der Waals surface area (Å²) in [5.74, 6) is 3.27. The van der Waals surface area contributed by atoms with E-state index in [9.17, 15) is 4.79 Å². The van der Waals surface area contributed by atoms with Crippen LogP contribution in [0.2, 0.25) is 0 Å². The molecule has 1 aliphatic heterocycles. The fraction of sp³-hybridized carbons (Fsp3) is 0.875. The number of rotatable bonds is 6. The van der Waals surface area contributed by atoms with Gasteiger partial charge in [-0.15, -0.1) is 0 Å². The normalized spacial score (nSPS) is 22.5. The van der Waals surface area contributed by atoms with E-state index < -0.39 is 0 Å². The van der Waals surface area contributed by atoms with Crippen LogP contribution in [0.1, 0.15) is 6.92 Å². The zero-order valence-electron chi connectivity index (χ0n) is 7.56. The molecule has 0 aromatic rings. The molecule has 1 heterocycles. The second kappa shape index (κ2) is 6.09. The molecule has 0 saturated carbocycles. The van der Waals surface area contributed by atoms with Crippen LogP contribution < -0.4 is 0 Å². The maximum absolute atomic E-state index is 10.5. The smallest absolute Gasteiger partial charge is 0.302 e. The van der Waals surface area contributed by atoms with E-state index in [4.69, 9.17) is 4.74 Å². The van der Waals surface area contributed by atoms with Crippen molar-refractivity contribution in [2.24, 2.45) is 0 Å². The zero-order valence-corrected chi connectivity index (χ0v) is 10.1. The Morgan fingerprint density at radius 1 is 1.85 bits per heavy atom. The van der Waals surface area contributed by atoms with Crippen LogP contribution in [0.3, 0.4) is 0 Å². The fourth-order valence-electron chi connectivity index (χ4n) is 0.761. The van der Waals surface area contributed by atoms with Crippen molar-refractivity contribution in [1.29, 1.82) is 0 Å². The van der Waals surface area contributed by atoms with Gasteiger partial charge in [-0.1, -0.05) is 0 Å². The first-order chi connectivity index (χ1) is 6.18. The Morgan fingerprint density at radius 3 is 3.08 bits per heavy atom. The van der Waals surface area contributed by atoms with Crippen LogP contribution in [0, 0.1) is 0 Å². The van der Waals surface area contributed by atoms with Crippen LogP contribution in [0.25, 0.3) is 0 Å². The molecular weight excluding hydrogens is 224 g/mol. The molecule has 0 aromatic heterocycles. The molecule has 5 heteroatoms. The number of hydrogen-bond donors (Lipinski definition) is 1.